The molecular weight excluding hydrogens is 446 g/mol. The highest BCUT2D eigenvalue weighted by Gasteiger charge is 2.11. The number of anilines is 1. The Hall–Kier alpha value is -2.73. The Morgan fingerprint density at radius 1 is 1.42 bits per heavy atom. The molecule has 0 aliphatic carbocycles. The van der Waals surface area contributed by atoms with E-state index in [9.17, 15) is 9.18 Å². The first kappa shape index (κ1) is 19.6. The van der Waals surface area contributed by atoms with Crippen LogP contribution in [0.15, 0.2) is 59.7 Å². The molecule has 2 aromatic rings. The van der Waals surface area contributed by atoms with E-state index in [0.29, 0.717) is 15.7 Å². The zero-order valence-electron chi connectivity index (χ0n) is 14.0. The Kier molecular flexibility index (Phi) is 6.86. The first-order chi connectivity index (χ1) is 12.4. The average Bonchev–Trinajstić information content (AvgIpc) is 2.63. The molecule has 0 saturated carbocycles. The Bertz CT molecular complexity index is 905. The predicted octanol–water partition coefficient (Wildman–Crippen LogP) is 3.91. The smallest absolute Gasteiger partial charge is 0.273 e. The van der Waals surface area contributed by atoms with Gasteiger partial charge in [-0.1, -0.05) is 24.8 Å². The molecule has 7 heteroatoms. The van der Waals surface area contributed by atoms with Crippen molar-refractivity contribution in [1.82, 2.24) is 4.90 Å². The van der Waals surface area contributed by atoms with E-state index in [4.69, 9.17) is 5.26 Å². The Labute approximate surface area is 165 Å². The number of amides is 1. The van der Waals surface area contributed by atoms with Gasteiger partial charge >= 0.3 is 0 Å². The maximum absolute atomic E-state index is 13.9. The van der Waals surface area contributed by atoms with Crippen LogP contribution in [0.5, 0.6) is 0 Å². The molecule has 1 N–H and O–H groups in total. The maximum Gasteiger partial charge on any atom is 0.273 e. The lowest BCUT2D eigenvalue weighted by atomic mass is 10.1. The second-order valence-corrected chi connectivity index (χ2v) is 6.64. The number of halogens is 2. The average molecular weight is 462 g/mol. The van der Waals surface area contributed by atoms with Crippen LogP contribution in [0.3, 0.4) is 0 Å². The van der Waals surface area contributed by atoms with Gasteiger partial charge < -0.3 is 10.2 Å². The summed E-state index contributed by atoms with van der Waals surface area (Å²) in [5.41, 5.74) is 1.56. The van der Waals surface area contributed by atoms with Gasteiger partial charge in [-0.05, 0) is 52.4 Å². The van der Waals surface area contributed by atoms with E-state index in [2.05, 4.69) is 23.0 Å². The summed E-state index contributed by atoms with van der Waals surface area (Å²) in [4.78, 5) is 17.8. The monoisotopic (exact) mass is 462 g/mol. The van der Waals surface area contributed by atoms with Crippen LogP contribution >= 0.6 is 22.6 Å². The largest absolute Gasteiger partial charge is 0.361 e. The van der Waals surface area contributed by atoms with Gasteiger partial charge in [-0.25, -0.2) is 9.38 Å². The number of benzene rings is 2. The number of carbonyl (C=O) groups is 1. The minimum atomic E-state index is -0.581. The van der Waals surface area contributed by atoms with E-state index in [-0.39, 0.29) is 11.4 Å². The summed E-state index contributed by atoms with van der Waals surface area (Å²) in [5, 5.41) is 11.4. The fraction of sp³-hybridized carbons (Fsp3) is 0.105. The third-order valence-corrected chi connectivity index (χ3v) is 4.19. The molecule has 0 aliphatic rings. The molecule has 0 aromatic heterocycles. The van der Waals surface area contributed by atoms with Gasteiger partial charge in [0.2, 0.25) is 0 Å². The number of aliphatic imine (C=N–C) groups is 1. The second kappa shape index (κ2) is 9.10. The molecule has 132 valence electrons. The molecule has 0 bridgehead atoms. The molecule has 5 nitrogen and oxygen atoms in total. The summed E-state index contributed by atoms with van der Waals surface area (Å²) >= 11 is 1.85. The van der Waals surface area contributed by atoms with Crippen molar-refractivity contribution in [3.63, 3.8) is 0 Å². The van der Waals surface area contributed by atoms with Crippen molar-refractivity contribution in [3.05, 3.63) is 75.3 Å². The first-order valence-corrected chi connectivity index (χ1v) is 8.66. The number of nitriles is 1. The maximum atomic E-state index is 13.9. The number of nitrogens with one attached hydrogen (secondary N) is 1. The van der Waals surface area contributed by atoms with Crippen molar-refractivity contribution in [3.8, 4) is 6.07 Å². The van der Waals surface area contributed by atoms with E-state index in [0.717, 1.165) is 5.56 Å². The molecule has 0 saturated heterocycles. The third kappa shape index (κ3) is 5.39. The molecule has 2 rings (SSSR count). The van der Waals surface area contributed by atoms with Crippen LogP contribution in [0, 0.1) is 20.7 Å². The van der Waals surface area contributed by atoms with Crippen LogP contribution in [0.2, 0.25) is 0 Å². The second-order valence-electron chi connectivity index (χ2n) is 5.47. The highest BCUT2D eigenvalue weighted by atomic mass is 127. The summed E-state index contributed by atoms with van der Waals surface area (Å²) in [6.45, 7) is 4.12. The number of carbonyl (C=O) groups excluding carboxylic acids is 1. The molecule has 1 amide bonds. The number of hydrogen-bond donors (Lipinski definition) is 1. The van der Waals surface area contributed by atoms with Crippen molar-refractivity contribution in [2.45, 2.75) is 6.54 Å². The molecule has 26 heavy (non-hydrogen) atoms. The van der Waals surface area contributed by atoms with E-state index in [1.807, 2.05) is 28.7 Å². The van der Waals surface area contributed by atoms with Gasteiger partial charge in [-0.2, -0.15) is 5.26 Å². The lowest BCUT2D eigenvalue weighted by molar-refractivity contribution is -0.112. The van der Waals surface area contributed by atoms with Crippen LogP contribution < -0.4 is 5.32 Å². The van der Waals surface area contributed by atoms with Crippen LogP contribution in [0.4, 0.5) is 10.1 Å². The lowest BCUT2D eigenvalue weighted by Gasteiger charge is -2.13. The van der Waals surface area contributed by atoms with Crippen molar-refractivity contribution in [2.24, 2.45) is 4.99 Å². The highest BCUT2D eigenvalue weighted by molar-refractivity contribution is 14.1. The van der Waals surface area contributed by atoms with Crippen molar-refractivity contribution < 1.29 is 9.18 Å². The van der Waals surface area contributed by atoms with Gasteiger partial charge in [-0.3, -0.25) is 4.79 Å². The van der Waals surface area contributed by atoms with Crippen LogP contribution in [0.25, 0.3) is 0 Å². The summed E-state index contributed by atoms with van der Waals surface area (Å²) in [6.07, 6.45) is 1.46. The predicted molar refractivity (Wildman–Crippen MR) is 108 cm³/mol. The fourth-order valence-corrected chi connectivity index (χ4v) is 2.59. The van der Waals surface area contributed by atoms with E-state index < -0.39 is 11.7 Å². The van der Waals surface area contributed by atoms with Crippen LogP contribution in [-0.2, 0) is 11.3 Å². The molecule has 0 radical (unpaired) electrons. The number of nitrogens with zero attached hydrogens (tertiary/aromatic N) is 3. The van der Waals surface area contributed by atoms with Gasteiger partial charge in [0.25, 0.3) is 5.91 Å². The molecule has 0 atom stereocenters. The van der Waals surface area contributed by atoms with Gasteiger partial charge in [0.15, 0.2) is 5.82 Å². The zero-order chi connectivity index (χ0) is 19.1. The van der Waals surface area contributed by atoms with Crippen molar-refractivity contribution in [1.29, 1.82) is 5.26 Å². The number of rotatable bonds is 6. The van der Waals surface area contributed by atoms with Gasteiger partial charge in [0.05, 0.1) is 27.2 Å². The lowest BCUT2D eigenvalue weighted by Crippen LogP contribution is -2.18. The Morgan fingerprint density at radius 3 is 2.88 bits per heavy atom. The Morgan fingerprint density at radius 2 is 2.15 bits per heavy atom. The normalized spacial score (nSPS) is 10.4. The minimum Gasteiger partial charge on any atom is -0.361 e. The third-order valence-electron chi connectivity index (χ3n) is 3.36. The topological polar surface area (TPSA) is 68.5 Å². The molecule has 0 unspecified atom stereocenters. The molecule has 0 spiro atoms. The van der Waals surface area contributed by atoms with Gasteiger partial charge in [0.1, 0.15) is 5.70 Å². The SMILES string of the molecule is C=C(N=CN(C)Cc1cccc(C#N)c1)C(=O)Nc1cccc(I)c1F. The van der Waals surface area contributed by atoms with Crippen LogP contribution in [0.1, 0.15) is 11.1 Å². The van der Waals surface area contributed by atoms with Gasteiger partial charge in [0, 0.05) is 13.6 Å². The molecule has 0 aliphatic heterocycles. The quantitative estimate of drug-likeness (QED) is 0.306. The molecule has 2 aromatic carbocycles. The number of hydrogen-bond acceptors (Lipinski definition) is 3. The molecule has 0 fully saturated rings. The van der Waals surface area contributed by atoms with Crippen molar-refractivity contribution >= 4 is 40.5 Å². The summed E-state index contributed by atoms with van der Waals surface area (Å²) in [6, 6.07) is 14.0. The van der Waals surface area contributed by atoms with E-state index in [1.54, 1.807) is 42.3 Å². The highest BCUT2D eigenvalue weighted by Crippen LogP contribution is 2.19. The Balaban J connectivity index is 1.96. The fourth-order valence-electron chi connectivity index (χ4n) is 2.09. The minimum absolute atomic E-state index is 0.0408. The molecular formula is C19H16FIN4O. The zero-order valence-corrected chi connectivity index (χ0v) is 16.2. The van der Waals surface area contributed by atoms with Crippen LogP contribution in [-0.4, -0.2) is 24.2 Å². The van der Waals surface area contributed by atoms with Gasteiger partial charge in [-0.15, -0.1) is 0 Å². The summed E-state index contributed by atoms with van der Waals surface area (Å²) in [5.74, 6) is -1.07. The standard InChI is InChI=1S/C19H16FIN4O/c1-13(19(26)24-17-8-4-7-16(21)18(17)20)23-12-25(2)11-15-6-3-5-14(9-15)10-22/h3-9,12H,1,11H2,2H3,(H,24,26). The molecule has 0 heterocycles. The van der Waals surface area contributed by atoms with E-state index >= 15 is 0 Å². The first-order valence-electron chi connectivity index (χ1n) is 7.58. The van der Waals surface area contributed by atoms with E-state index in [1.165, 1.54) is 12.4 Å². The summed E-state index contributed by atoms with van der Waals surface area (Å²) in [7, 11) is 1.78. The summed E-state index contributed by atoms with van der Waals surface area (Å²) < 4.78 is 14.3. The van der Waals surface area contributed by atoms with Crippen molar-refractivity contribution in [2.75, 3.05) is 12.4 Å².